The maximum atomic E-state index is 5.99. The van der Waals surface area contributed by atoms with Gasteiger partial charge in [0.15, 0.2) is 0 Å². The first-order chi connectivity index (χ1) is 6.16. The van der Waals surface area contributed by atoms with Crippen molar-refractivity contribution in [3.05, 3.63) is 33.3 Å². The molecule has 0 saturated carbocycles. The fourth-order valence-electron chi connectivity index (χ4n) is 1.13. The van der Waals surface area contributed by atoms with Crippen molar-refractivity contribution in [3.8, 4) is 0 Å². The lowest BCUT2D eigenvalue weighted by atomic mass is 10.1. The predicted molar refractivity (Wildman–Crippen MR) is 58.0 cm³/mol. The summed E-state index contributed by atoms with van der Waals surface area (Å²) in [6, 6.07) is 5.41. The van der Waals surface area contributed by atoms with E-state index < -0.39 is 0 Å². The smallest absolute Gasteiger partial charge is 0.0656 e. The monoisotopic (exact) mass is 263 g/mol. The minimum absolute atomic E-state index is 0.187. The summed E-state index contributed by atoms with van der Waals surface area (Å²) in [4.78, 5) is 0. The highest BCUT2D eigenvalue weighted by Crippen LogP contribution is 2.29. The van der Waals surface area contributed by atoms with Gasteiger partial charge >= 0.3 is 0 Å². The van der Waals surface area contributed by atoms with Gasteiger partial charge < -0.3 is 10.5 Å². The van der Waals surface area contributed by atoms with E-state index in [1.54, 1.807) is 7.11 Å². The van der Waals surface area contributed by atoms with Crippen LogP contribution in [0.5, 0.6) is 0 Å². The van der Waals surface area contributed by atoms with E-state index in [0.29, 0.717) is 11.6 Å². The molecule has 0 aliphatic rings. The lowest BCUT2D eigenvalue weighted by Gasteiger charge is -2.14. The number of hydrogen-bond acceptors (Lipinski definition) is 2. The summed E-state index contributed by atoms with van der Waals surface area (Å²) in [5.74, 6) is 0. The van der Waals surface area contributed by atoms with Crippen LogP contribution >= 0.6 is 27.5 Å². The fraction of sp³-hybridized carbons (Fsp3) is 0.333. The first-order valence-corrected chi connectivity index (χ1v) is 5.02. The molecular weight excluding hydrogens is 253 g/mol. The lowest BCUT2D eigenvalue weighted by molar-refractivity contribution is 0.180. The van der Waals surface area contributed by atoms with Gasteiger partial charge in [0, 0.05) is 22.2 Å². The molecule has 72 valence electrons. The minimum Gasteiger partial charge on any atom is -0.383 e. The Bertz CT molecular complexity index is 273. The van der Waals surface area contributed by atoms with Crippen molar-refractivity contribution in [1.82, 2.24) is 0 Å². The third-order valence-corrected chi connectivity index (χ3v) is 2.74. The van der Waals surface area contributed by atoms with E-state index >= 15 is 0 Å². The van der Waals surface area contributed by atoms with Crippen LogP contribution in [-0.2, 0) is 4.74 Å². The quantitative estimate of drug-likeness (QED) is 0.911. The van der Waals surface area contributed by atoms with Crippen LogP contribution in [0.25, 0.3) is 0 Å². The maximum absolute atomic E-state index is 5.99. The SMILES string of the molecule is COCC(N)c1c(Cl)cccc1Br. The molecule has 0 aliphatic carbocycles. The third-order valence-electron chi connectivity index (χ3n) is 1.72. The highest BCUT2D eigenvalue weighted by Gasteiger charge is 2.12. The van der Waals surface area contributed by atoms with Gasteiger partial charge in [-0.1, -0.05) is 33.6 Å². The Morgan fingerprint density at radius 3 is 2.85 bits per heavy atom. The molecule has 0 spiro atoms. The topological polar surface area (TPSA) is 35.2 Å². The Hall–Kier alpha value is -0.0900. The number of ether oxygens (including phenoxy) is 1. The number of halogens is 2. The van der Waals surface area contributed by atoms with Crippen LogP contribution in [0.2, 0.25) is 5.02 Å². The molecule has 13 heavy (non-hydrogen) atoms. The summed E-state index contributed by atoms with van der Waals surface area (Å²) in [6.45, 7) is 0.461. The van der Waals surface area contributed by atoms with Gasteiger partial charge in [-0.25, -0.2) is 0 Å². The second-order valence-corrected chi connectivity index (χ2v) is 3.96. The van der Waals surface area contributed by atoms with E-state index in [1.165, 1.54) is 0 Å². The molecule has 0 fully saturated rings. The molecule has 1 aromatic carbocycles. The Kier molecular flexibility index (Phi) is 4.19. The van der Waals surface area contributed by atoms with Crippen molar-refractivity contribution in [2.75, 3.05) is 13.7 Å². The molecule has 0 amide bonds. The lowest BCUT2D eigenvalue weighted by Crippen LogP contribution is -2.17. The normalized spacial score (nSPS) is 12.9. The van der Waals surface area contributed by atoms with Crippen LogP contribution in [0.3, 0.4) is 0 Å². The molecule has 1 unspecified atom stereocenters. The highest BCUT2D eigenvalue weighted by atomic mass is 79.9. The molecule has 0 heterocycles. The van der Waals surface area contributed by atoms with E-state index in [-0.39, 0.29) is 6.04 Å². The van der Waals surface area contributed by atoms with Crippen LogP contribution in [-0.4, -0.2) is 13.7 Å². The molecule has 0 radical (unpaired) electrons. The van der Waals surface area contributed by atoms with Crippen molar-refractivity contribution in [2.45, 2.75) is 6.04 Å². The maximum Gasteiger partial charge on any atom is 0.0656 e. The largest absolute Gasteiger partial charge is 0.383 e. The zero-order chi connectivity index (χ0) is 9.84. The summed E-state index contributed by atoms with van der Waals surface area (Å²) in [7, 11) is 1.62. The number of benzene rings is 1. The van der Waals surface area contributed by atoms with Gasteiger partial charge in [-0.3, -0.25) is 0 Å². The van der Waals surface area contributed by atoms with Gasteiger partial charge in [0.05, 0.1) is 12.6 Å². The zero-order valence-electron chi connectivity index (χ0n) is 7.26. The van der Waals surface area contributed by atoms with Gasteiger partial charge in [-0.05, 0) is 12.1 Å². The minimum atomic E-state index is -0.187. The second-order valence-electron chi connectivity index (χ2n) is 2.70. The van der Waals surface area contributed by atoms with E-state index in [1.807, 2.05) is 18.2 Å². The van der Waals surface area contributed by atoms with Crippen LogP contribution < -0.4 is 5.73 Å². The number of nitrogens with two attached hydrogens (primary N) is 1. The van der Waals surface area contributed by atoms with Crippen molar-refractivity contribution in [3.63, 3.8) is 0 Å². The summed E-state index contributed by atoms with van der Waals surface area (Å²) in [6.07, 6.45) is 0. The molecule has 0 aliphatic heterocycles. The van der Waals surface area contributed by atoms with Crippen LogP contribution in [0.15, 0.2) is 22.7 Å². The summed E-state index contributed by atoms with van der Waals surface area (Å²) in [5.41, 5.74) is 6.76. The Morgan fingerprint density at radius 1 is 1.62 bits per heavy atom. The molecule has 1 atom stereocenters. The average Bonchev–Trinajstić information content (AvgIpc) is 2.04. The van der Waals surface area contributed by atoms with Crippen molar-refractivity contribution >= 4 is 27.5 Å². The average molecular weight is 265 g/mol. The predicted octanol–water partition coefficient (Wildman–Crippen LogP) is 2.75. The second kappa shape index (κ2) is 4.96. The van der Waals surface area contributed by atoms with Gasteiger partial charge in [0.25, 0.3) is 0 Å². The number of methoxy groups -OCH3 is 1. The molecule has 2 N–H and O–H groups in total. The standard InChI is InChI=1S/C9H11BrClNO/c1-13-5-8(12)9-6(10)3-2-4-7(9)11/h2-4,8H,5,12H2,1H3. The van der Waals surface area contributed by atoms with Crippen molar-refractivity contribution in [1.29, 1.82) is 0 Å². The van der Waals surface area contributed by atoms with Gasteiger partial charge in [-0.2, -0.15) is 0 Å². The molecule has 4 heteroatoms. The zero-order valence-corrected chi connectivity index (χ0v) is 9.60. The van der Waals surface area contributed by atoms with Gasteiger partial charge in [0.2, 0.25) is 0 Å². The highest BCUT2D eigenvalue weighted by molar-refractivity contribution is 9.10. The van der Waals surface area contributed by atoms with Crippen molar-refractivity contribution < 1.29 is 4.74 Å². The molecule has 0 aromatic heterocycles. The summed E-state index contributed by atoms with van der Waals surface area (Å²) < 4.78 is 5.88. The Morgan fingerprint density at radius 2 is 2.31 bits per heavy atom. The van der Waals surface area contributed by atoms with Crippen molar-refractivity contribution in [2.24, 2.45) is 5.73 Å². The first-order valence-electron chi connectivity index (χ1n) is 3.85. The molecule has 1 rings (SSSR count). The van der Waals surface area contributed by atoms with Gasteiger partial charge in [-0.15, -0.1) is 0 Å². The van der Waals surface area contributed by atoms with E-state index in [9.17, 15) is 0 Å². The molecule has 2 nitrogen and oxygen atoms in total. The number of hydrogen-bond donors (Lipinski definition) is 1. The fourth-order valence-corrected chi connectivity index (χ4v) is 2.22. The third kappa shape index (κ3) is 2.68. The first kappa shape index (κ1) is 11.0. The van der Waals surface area contributed by atoms with E-state index in [2.05, 4.69) is 15.9 Å². The summed E-state index contributed by atoms with van der Waals surface area (Å²) in [5, 5.41) is 0.666. The Labute approximate surface area is 91.2 Å². The molecule has 1 aromatic rings. The van der Waals surface area contributed by atoms with E-state index in [0.717, 1.165) is 10.0 Å². The summed E-state index contributed by atoms with van der Waals surface area (Å²) >= 11 is 9.39. The molecular formula is C9H11BrClNO. The number of rotatable bonds is 3. The van der Waals surface area contributed by atoms with Crippen LogP contribution in [0.1, 0.15) is 11.6 Å². The van der Waals surface area contributed by atoms with Crippen LogP contribution in [0.4, 0.5) is 0 Å². The van der Waals surface area contributed by atoms with E-state index in [4.69, 9.17) is 22.1 Å². The van der Waals surface area contributed by atoms with Crippen LogP contribution in [0, 0.1) is 0 Å². The molecule has 0 bridgehead atoms. The van der Waals surface area contributed by atoms with Gasteiger partial charge in [0.1, 0.15) is 0 Å². The Balaban J connectivity index is 2.98. The molecule has 0 saturated heterocycles.